The van der Waals surface area contributed by atoms with Gasteiger partial charge in [0.05, 0.1) is 17.5 Å². The van der Waals surface area contributed by atoms with Crippen molar-refractivity contribution >= 4 is 11.4 Å². The van der Waals surface area contributed by atoms with E-state index in [0.29, 0.717) is 23.4 Å². The van der Waals surface area contributed by atoms with Crippen molar-refractivity contribution in [2.45, 2.75) is 25.5 Å². The molecule has 0 fully saturated rings. The molecule has 0 spiro atoms. The molecule has 0 saturated heterocycles. The van der Waals surface area contributed by atoms with Crippen LogP contribution in [0.5, 0.6) is 0 Å². The number of anilines is 2. The van der Waals surface area contributed by atoms with Crippen LogP contribution in [-0.4, -0.2) is 11.1 Å². The zero-order chi connectivity index (χ0) is 10.7. The minimum Gasteiger partial charge on any atom is -0.397 e. The summed E-state index contributed by atoms with van der Waals surface area (Å²) >= 11 is 0. The largest absolute Gasteiger partial charge is 0.397 e. The first kappa shape index (κ1) is 10.8. The Kier molecular flexibility index (Phi) is 3.33. The smallest absolute Gasteiger partial charge is 0.0941 e. The van der Waals surface area contributed by atoms with Crippen molar-refractivity contribution < 1.29 is 5.11 Å². The number of hydrogen-bond acceptors (Lipinski definition) is 4. The first-order valence-electron chi connectivity index (χ1n) is 4.64. The number of rotatable bonds is 3. The molecule has 0 unspecified atom stereocenters. The SMILES string of the molecule is CC[C@H](N)[C@@H](O)c1ccc(N)c(N)c1. The number of nitrogens with two attached hydrogens (primary N) is 3. The number of aliphatic hydroxyl groups excluding tert-OH is 1. The van der Waals surface area contributed by atoms with Gasteiger partial charge in [-0.15, -0.1) is 0 Å². The summed E-state index contributed by atoms with van der Waals surface area (Å²) in [5, 5.41) is 9.78. The van der Waals surface area contributed by atoms with E-state index in [1.165, 1.54) is 0 Å². The average Bonchev–Trinajstić information content (AvgIpc) is 2.20. The molecule has 1 rings (SSSR count). The van der Waals surface area contributed by atoms with Gasteiger partial charge in [-0.05, 0) is 24.1 Å². The van der Waals surface area contributed by atoms with Gasteiger partial charge in [0.25, 0.3) is 0 Å². The molecule has 14 heavy (non-hydrogen) atoms. The van der Waals surface area contributed by atoms with E-state index in [4.69, 9.17) is 17.2 Å². The van der Waals surface area contributed by atoms with Crippen LogP contribution >= 0.6 is 0 Å². The van der Waals surface area contributed by atoms with Crippen LogP contribution in [0.1, 0.15) is 25.0 Å². The van der Waals surface area contributed by atoms with Crippen molar-refractivity contribution in [1.29, 1.82) is 0 Å². The fraction of sp³-hybridized carbons (Fsp3) is 0.400. The molecule has 4 nitrogen and oxygen atoms in total. The molecule has 0 radical (unpaired) electrons. The molecule has 0 aliphatic carbocycles. The van der Waals surface area contributed by atoms with Crippen molar-refractivity contribution in [3.05, 3.63) is 23.8 Å². The Bertz CT molecular complexity index is 314. The normalized spacial score (nSPS) is 15.1. The summed E-state index contributed by atoms with van der Waals surface area (Å²) in [7, 11) is 0. The summed E-state index contributed by atoms with van der Waals surface area (Å²) < 4.78 is 0. The fourth-order valence-electron chi connectivity index (χ4n) is 1.25. The third-order valence-corrected chi connectivity index (χ3v) is 2.33. The monoisotopic (exact) mass is 195 g/mol. The van der Waals surface area contributed by atoms with Gasteiger partial charge in [-0.1, -0.05) is 13.0 Å². The highest BCUT2D eigenvalue weighted by atomic mass is 16.3. The number of nitrogen functional groups attached to an aromatic ring is 2. The standard InChI is InChI=1S/C10H17N3O/c1-2-7(11)10(14)6-3-4-8(12)9(13)5-6/h3-5,7,10,14H,2,11-13H2,1H3/t7-,10-/m0/s1. The molecule has 4 heteroatoms. The molecule has 0 aromatic heterocycles. The molecule has 0 heterocycles. The van der Waals surface area contributed by atoms with Crippen molar-refractivity contribution in [3.63, 3.8) is 0 Å². The van der Waals surface area contributed by atoms with Crippen LogP contribution in [0.3, 0.4) is 0 Å². The lowest BCUT2D eigenvalue weighted by molar-refractivity contribution is 0.144. The molecule has 0 aliphatic rings. The molecule has 0 saturated carbocycles. The lowest BCUT2D eigenvalue weighted by Crippen LogP contribution is -2.27. The lowest BCUT2D eigenvalue weighted by atomic mass is 10.0. The number of aliphatic hydroxyl groups is 1. The van der Waals surface area contributed by atoms with E-state index >= 15 is 0 Å². The Hall–Kier alpha value is -1.26. The van der Waals surface area contributed by atoms with E-state index in [1.54, 1.807) is 18.2 Å². The third-order valence-electron chi connectivity index (χ3n) is 2.33. The van der Waals surface area contributed by atoms with E-state index in [0.717, 1.165) is 0 Å². The third kappa shape index (κ3) is 2.16. The van der Waals surface area contributed by atoms with Gasteiger partial charge < -0.3 is 22.3 Å². The Balaban J connectivity index is 2.91. The van der Waals surface area contributed by atoms with Crippen LogP contribution < -0.4 is 17.2 Å². The van der Waals surface area contributed by atoms with Gasteiger partial charge in [0.2, 0.25) is 0 Å². The average molecular weight is 195 g/mol. The fourth-order valence-corrected chi connectivity index (χ4v) is 1.25. The number of hydrogen-bond donors (Lipinski definition) is 4. The summed E-state index contributed by atoms with van der Waals surface area (Å²) in [5.74, 6) is 0. The molecule has 7 N–H and O–H groups in total. The van der Waals surface area contributed by atoms with E-state index in [-0.39, 0.29) is 6.04 Å². The molecule has 0 bridgehead atoms. The molecule has 0 aliphatic heterocycles. The molecule has 78 valence electrons. The van der Waals surface area contributed by atoms with Crippen LogP contribution in [0, 0.1) is 0 Å². The second-order valence-corrected chi connectivity index (χ2v) is 3.41. The topological polar surface area (TPSA) is 98.3 Å². The van der Waals surface area contributed by atoms with Gasteiger partial charge in [0.1, 0.15) is 0 Å². The van der Waals surface area contributed by atoms with Crippen molar-refractivity contribution in [2.24, 2.45) is 5.73 Å². The highest BCUT2D eigenvalue weighted by Crippen LogP contribution is 2.23. The van der Waals surface area contributed by atoms with Crippen LogP contribution in [0.15, 0.2) is 18.2 Å². The van der Waals surface area contributed by atoms with Gasteiger partial charge in [0.15, 0.2) is 0 Å². The Morgan fingerprint density at radius 1 is 1.29 bits per heavy atom. The van der Waals surface area contributed by atoms with Gasteiger partial charge in [0, 0.05) is 6.04 Å². The maximum absolute atomic E-state index is 9.78. The molecular weight excluding hydrogens is 178 g/mol. The van der Waals surface area contributed by atoms with Gasteiger partial charge in [-0.25, -0.2) is 0 Å². The first-order chi connectivity index (χ1) is 6.56. The maximum Gasteiger partial charge on any atom is 0.0941 e. The van der Waals surface area contributed by atoms with Crippen LogP contribution in [0.2, 0.25) is 0 Å². The van der Waals surface area contributed by atoms with Crippen LogP contribution in [-0.2, 0) is 0 Å². The summed E-state index contributed by atoms with van der Waals surface area (Å²) in [6.07, 6.45) is 0.0359. The van der Waals surface area contributed by atoms with E-state index in [2.05, 4.69) is 0 Å². The zero-order valence-electron chi connectivity index (χ0n) is 8.27. The Labute approximate surface area is 83.7 Å². The lowest BCUT2D eigenvalue weighted by Gasteiger charge is -2.18. The van der Waals surface area contributed by atoms with Gasteiger partial charge in [-0.3, -0.25) is 0 Å². The van der Waals surface area contributed by atoms with Gasteiger partial charge in [-0.2, -0.15) is 0 Å². The zero-order valence-corrected chi connectivity index (χ0v) is 8.27. The van der Waals surface area contributed by atoms with E-state index in [1.807, 2.05) is 6.92 Å². The Morgan fingerprint density at radius 2 is 1.93 bits per heavy atom. The van der Waals surface area contributed by atoms with Gasteiger partial charge >= 0.3 is 0 Å². The second kappa shape index (κ2) is 4.30. The first-order valence-corrected chi connectivity index (χ1v) is 4.64. The number of benzene rings is 1. The van der Waals surface area contributed by atoms with Crippen molar-refractivity contribution in [3.8, 4) is 0 Å². The Morgan fingerprint density at radius 3 is 2.43 bits per heavy atom. The molecule has 1 aromatic rings. The summed E-state index contributed by atoms with van der Waals surface area (Å²) in [6, 6.07) is 4.82. The molecule has 1 aromatic carbocycles. The quantitative estimate of drug-likeness (QED) is 0.531. The highest BCUT2D eigenvalue weighted by Gasteiger charge is 2.15. The van der Waals surface area contributed by atoms with E-state index < -0.39 is 6.10 Å². The summed E-state index contributed by atoms with van der Waals surface area (Å²) in [4.78, 5) is 0. The van der Waals surface area contributed by atoms with Crippen LogP contribution in [0.4, 0.5) is 11.4 Å². The predicted octanol–water partition coefficient (Wildman–Crippen LogP) is 0.622. The predicted molar refractivity (Wildman–Crippen MR) is 58.5 cm³/mol. The highest BCUT2D eigenvalue weighted by molar-refractivity contribution is 5.64. The minimum absolute atomic E-state index is 0.266. The van der Waals surface area contributed by atoms with E-state index in [9.17, 15) is 5.11 Å². The minimum atomic E-state index is -0.678. The molecular formula is C10H17N3O. The second-order valence-electron chi connectivity index (χ2n) is 3.41. The molecule has 0 amide bonds. The summed E-state index contributed by atoms with van der Waals surface area (Å²) in [5.41, 5.74) is 18.6. The van der Waals surface area contributed by atoms with Crippen molar-refractivity contribution in [2.75, 3.05) is 11.5 Å². The molecule has 2 atom stereocenters. The van der Waals surface area contributed by atoms with Crippen LogP contribution in [0.25, 0.3) is 0 Å². The van der Waals surface area contributed by atoms with Crippen molar-refractivity contribution in [1.82, 2.24) is 0 Å². The maximum atomic E-state index is 9.78. The summed E-state index contributed by atoms with van der Waals surface area (Å²) in [6.45, 7) is 1.93.